The number of anilines is 2. The van der Waals surface area contributed by atoms with E-state index in [2.05, 4.69) is 15.5 Å². The van der Waals surface area contributed by atoms with Crippen LogP contribution in [0.4, 0.5) is 15.8 Å². The molecule has 1 saturated heterocycles. The lowest BCUT2D eigenvalue weighted by Crippen LogP contribution is -2.24. The fourth-order valence-electron chi connectivity index (χ4n) is 2.76. The monoisotopic (exact) mass is 316 g/mol. The van der Waals surface area contributed by atoms with Crippen LogP contribution < -0.4 is 10.2 Å². The zero-order chi connectivity index (χ0) is 15.8. The molecule has 2 aliphatic rings. The Balaban J connectivity index is 1.42. The summed E-state index contributed by atoms with van der Waals surface area (Å²) in [4.78, 5) is 17.5. The van der Waals surface area contributed by atoms with Gasteiger partial charge in [0, 0.05) is 24.6 Å². The van der Waals surface area contributed by atoms with Crippen molar-refractivity contribution in [2.24, 2.45) is 0 Å². The molecular weight excluding hydrogens is 299 g/mol. The molecule has 0 unspecified atom stereocenters. The number of rotatable bonds is 5. The summed E-state index contributed by atoms with van der Waals surface area (Å²) in [7, 11) is 0. The van der Waals surface area contributed by atoms with E-state index in [1.165, 1.54) is 11.0 Å². The smallest absolute Gasteiger partial charge is 0.229 e. The highest BCUT2D eigenvalue weighted by Crippen LogP contribution is 2.38. The van der Waals surface area contributed by atoms with E-state index in [1.54, 1.807) is 12.1 Å². The van der Waals surface area contributed by atoms with Gasteiger partial charge in [-0.2, -0.15) is 4.98 Å². The lowest BCUT2D eigenvalue weighted by Gasteiger charge is -2.17. The first kappa shape index (κ1) is 14.2. The van der Waals surface area contributed by atoms with E-state index in [4.69, 9.17) is 4.52 Å². The molecule has 1 aromatic carbocycles. The number of nitrogens with zero attached hydrogens (tertiary/aromatic N) is 3. The summed E-state index contributed by atoms with van der Waals surface area (Å²) < 4.78 is 19.4. The van der Waals surface area contributed by atoms with Crippen LogP contribution in [0.1, 0.15) is 43.3 Å². The van der Waals surface area contributed by atoms with Crippen molar-refractivity contribution in [1.82, 2.24) is 10.1 Å². The SMILES string of the molecule is O=C1CCCN1c1ccc(NCc2noc(C3CC3)n2)cc1F. The maximum atomic E-state index is 14.2. The first-order chi connectivity index (χ1) is 11.2. The van der Waals surface area contributed by atoms with Gasteiger partial charge >= 0.3 is 0 Å². The van der Waals surface area contributed by atoms with Gasteiger partial charge in [0.15, 0.2) is 5.82 Å². The van der Waals surface area contributed by atoms with E-state index < -0.39 is 5.82 Å². The van der Waals surface area contributed by atoms with Gasteiger partial charge in [0.05, 0.1) is 12.2 Å². The Morgan fingerprint density at radius 2 is 2.26 bits per heavy atom. The Labute approximate surface area is 132 Å². The average Bonchev–Trinajstić information content (AvgIpc) is 3.14. The van der Waals surface area contributed by atoms with Crippen molar-refractivity contribution in [3.8, 4) is 0 Å². The number of hydrogen-bond acceptors (Lipinski definition) is 5. The van der Waals surface area contributed by atoms with Crippen LogP contribution in [0.5, 0.6) is 0 Å². The van der Waals surface area contributed by atoms with Gasteiger partial charge in [-0.05, 0) is 37.5 Å². The van der Waals surface area contributed by atoms with Crippen LogP contribution in [0.2, 0.25) is 0 Å². The number of benzene rings is 1. The summed E-state index contributed by atoms with van der Waals surface area (Å²) in [5.41, 5.74) is 0.962. The summed E-state index contributed by atoms with van der Waals surface area (Å²) in [5.74, 6) is 1.24. The highest BCUT2D eigenvalue weighted by atomic mass is 19.1. The van der Waals surface area contributed by atoms with Crippen molar-refractivity contribution >= 4 is 17.3 Å². The quantitative estimate of drug-likeness (QED) is 0.918. The maximum Gasteiger partial charge on any atom is 0.229 e. The molecule has 2 fully saturated rings. The summed E-state index contributed by atoms with van der Waals surface area (Å²) in [5, 5.41) is 6.99. The molecule has 2 heterocycles. The Kier molecular flexibility index (Phi) is 3.48. The normalized spacial score (nSPS) is 17.8. The van der Waals surface area contributed by atoms with Crippen LogP contribution in [-0.2, 0) is 11.3 Å². The van der Waals surface area contributed by atoms with E-state index in [0.29, 0.717) is 48.5 Å². The van der Waals surface area contributed by atoms with Crippen molar-refractivity contribution in [3.63, 3.8) is 0 Å². The van der Waals surface area contributed by atoms with Gasteiger partial charge < -0.3 is 14.7 Å². The minimum atomic E-state index is -0.406. The third-order valence-electron chi connectivity index (χ3n) is 4.17. The summed E-state index contributed by atoms with van der Waals surface area (Å²) in [6, 6.07) is 4.78. The minimum Gasteiger partial charge on any atom is -0.378 e. The Morgan fingerprint density at radius 1 is 1.39 bits per heavy atom. The van der Waals surface area contributed by atoms with Crippen molar-refractivity contribution in [1.29, 1.82) is 0 Å². The van der Waals surface area contributed by atoms with Crippen LogP contribution in [0.3, 0.4) is 0 Å². The zero-order valence-electron chi connectivity index (χ0n) is 12.6. The van der Waals surface area contributed by atoms with Crippen LogP contribution in [0, 0.1) is 5.82 Å². The first-order valence-electron chi connectivity index (χ1n) is 7.87. The third kappa shape index (κ3) is 2.91. The van der Waals surface area contributed by atoms with Gasteiger partial charge in [-0.1, -0.05) is 5.16 Å². The Hall–Kier alpha value is -2.44. The fourth-order valence-corrected chi connectivity index (χ4v) is 2.76. The number of amides is 1. The van der Waals surface area contributed by atoms with Crippen LogP contribution in [-0.4, -0.2) is 22.6 Å². The number of aromatic nitrogens is 2. The second-order valence-corrected chi connectivity index (χ2v) is 5.99. The van der Waals surface area contributed by atoms with Crippen molar-refractivity contribution in [2.45, 2.75) is 38.1 Å². The second-order valence-electron chi connectivity index (χ2n) is 5.99. The number of hydrogen-bond donors (Lipinski definition) is 1. The lowest BCUT2D eigenvalue weighted by molar-refractivity contribution is -0.117. The van der Waals surface area contributed by atoms with E-state index in [9.17, 15) is 9.18 Å². The molecule has 1 amide bonds. The largest absolute Gasteiger partial charge is 0.378 e. The predicted octanol–water partition coefficient (Wildman–Crippen LogP) is 2.83. The molecule has 1 aliphatic carbocycles. The predicted molar refractivity (Wildman–Crippen MR) is 81.6 cm³/mol. The van der Waals surface area contributed by atoms with Crippen LogP contribution in [0.15, 0.2) is 22.7 Å². The van der Waals surface area contributed by atoms with Crippen LogP contribution >= 0.6 is 0 Å². The number of carbonyl (C=O) groups excluding carboxylic acids is 1. The fraction of sp³-hybridized carbons (Fsp3) is 0.438. The van der Waals surface area contributed by atoms with Crippen molar-refractivity contribution in [2.75, 3.05) is 16.8 Å². The molecular formula is C16H17FN4O2. The average molecular weight is 316 g/mol. The van der Waals surface area contributed by atoms with E-state index in [-0.39, 0.29) is 5.91 Å². The van der Waals surface area contributed by atoms with Gasteiger partial charge in [0.25, 0.3) is 0 Å². The molecule has 7 heteroatoms. The van der Waals surface area contributed by atoms with Gasteiger partial charge in [0.2, 0.25) is 11.8 Å². The maximum absolute atomic E-state index is 14.2. The van der Waals surface area contributed by atoms with E-state index in [1.807, 2.05) is 0 Å². The first-order valence-corrected chi connectivity index (χ1v) is 7.87. The molecule has 0 atom stereocenters. The molecule has 120 valence electrons. The number of halogens is 1. The van der Waals surface area contributed by atoms with Gasteiger partial charge in [0.1, 0.15) is 5.82 Å². The highest BCUT2D eigenvalue weighted by molar-refractivity contribution is 5.95. The van der Waals surface area contributed by atoms with Gasteiger partial charge in [-0.15, -0.1) is 0 Å². The summed E-state index contributed by atoms with van der Waals surface area (Å²) in [6.07, 6.45) is 3.48. The molecule has 0 bridgehead atoms. The standard InChI is InChI=1S/C16H17FN4O2/c17-12-8-11(5-6-13(12)21-7-1-2-15(21)22)18-9-14-19-16(23-20-14)10-3-4-10/h5-6,8,10,18H,1-4,7,9H2. The topological polar surface area (TPSA) is 71.3 Å². The highest BCUT2D eigenvalue weighted by Gasteiger charge is 2.29. The zero-order valence-corrected chi connectivity index (χ0v) is 12.6. The van der Waals surface area contributed by atoms with Crippen molar-refractivity contribution < 1.29 is 13.7 Å². The molecule has 23 heavy (non-hydrogen) atoms. The van der Waals surface area contributed by atoms with E-state index in [0.717, 1.165) is 19.3 Å². The number of nitrogens with one attached hydrogen (secondary N) is 1. The van der Waals surface area contributed by atoms with Crippen molar-refractivity contribution in [3.05, 3.63) is 35.7 Å². The molecule has 2 aromatic rings. The molecule has 1 aromatic heterocycles. The minimum absolute atomic E-state index is 0.0241. The second kappa shape index (κ2) is 5.64. The number of carbonyl (C=O) groups is 1. The van der Waals surface area contributed by atoms with E-state index >= 15 is 0 Å². The molecule has 1 N–H and O–H groups in total. The Morgan fingerprint density at radius 3 is 2.96 bits per heavy atom. The van der Waals surface area contributed by atoms with Gasteiger partial charge in [-0.3, -0.25) is 4.79 Å². The van der Waals surface area contributed by atoms with Crippen LogP contribution in [0.25, 0.3) is 0 Å². The summed E-state index contributed by atoms with van der Waals surface area (Å²) in [6.45, 7) is 0.951. The molecule has 1 aliphatic heterocycles. The molecule has 4 rings (SSSR count). The Bertz CT molecular complexity index is 741. The lowest BCUT2D eigenvalue weighted by atomic mass is 10.2. The molecule has 1 saturated carbocycles. The molecule has 0 radical (unpaired) electrons. The molecule has 0 spiro atoms. The summed E-state index contributed by atoms with van der Waals surface area (Å²) >= 11 is 0. The van der Waals surface area contributed by atoms with Gasteiger partial charge in [-0.25, -0.2) is 4.39 Å². The molecule has 6 nitrogen and oxygen atoms in total. The third-order valence-corrected chi connectivity index (χ3v) is 4.17.